The van der Waals surface area contributed by atoms with Crippen LogP contribution < -0.4 is 0 Å². The first-order chi connectivity index (χ1) is 6.08. The van der Waals surface area contributed by atoms with Gasteiger partial charge in [0.15, 0.2) is 6.29 Å². The molecule has 0 spiro atoms. The number of aliphatic hydroxyl groups excluding tert-OH is 4. The Morgan fingerprint density at radius 2 is 1.85 bits per heavy atom. The lowest BCUT2D eigenvalue weighted by atomic mass is 10.0. The van der Waals surface area contributed by atoms with Crippen LogP contribution in [0.4, 0.5) is 0 Å². The number of hydrogen-bond donors (Lipinski definition) is 4. The molecule has 0 aliphatic heterocycles. The first-order valence-corrected chi connectivity index (χ1v) is 3.77. The maximum absolute atomic E-state index is 9.99. The van der Waals surface area contributed by atoms with Crippen molar-refractivity contribution in [2.24, 2.45) is 0 Å². The minimum absolute atomic E-state index is 0.0521. The van der Waals surface area contributed by atoms with E-state index in [9.17, 15) is 4.79 Å². The van der Waals surface area contributed by atoms with Crippen molar-refractivity contribution in [1.29, 1.82) is 0 Å². The summed E-state index contributed by atoms with van der Waals surface area (Å²) in [7, 11) is 0. The molecule has 0 aromatic carbocycles. The second-order valence-corrected chi connectivity index (χ2v) is 2.60. The molecule has 78 valence electrons. The van der Waals surface area contributed by atoms with Crippen LogP contribution in [0.15, 0.2) is 0 Å². The highest BCUT2D eigenvalue weighted by atomic mass is 35.5. The van der Waals surface area contributed by atoms with Gasteiger partial charge in [-0.25, -0.2) is 0 Å². The second kappa shape index (κ2) is 6.25. The Labute approximate surface area is 79.5 Å². The average molecular weight is 215 g/mol. The van der Waals surface area contributed by atoms with Gasteiger partial charge in [0.2, 0.25) is 0 Å². The van der Waals surface area contributed by atoms with Crippen molar-refractivity contribution in [3.63, 3.8) is 0 Å². The molecule has 0 radical (unpaired) electrons. The predicted molar refractivity (Wildman–Crippen MR) is 41.9 cm³/mol. The highest BCUT2D eigenvalue weighted by Crippen LogP contribution is 2.08. The third-order valence-corrected chi connectivity index (χ3v) is 1.74. The van der Waals surface area contributed by atoms with Gasteiger partial charge in [-0.3, -0.25) is 4.29 Å². The molecule has 0 fully saturated rings. The standard InChI is InChI=1S/C6H11ClO6/c7-13-4(2-9)6(12)5(11)3(10)1-8/h1,3-6,9-12H,2H2/t3-,4+,5+,6+/m0/s1. The van der Waals surface area contributed by atoms with Crippen LogP contribution in [0, 0.1) is 0 Å². The molecule has 0 saturated carbocycles. The number of aldehydes is 1. The first kappa shape index (κ1) is 12.8. The van der Waals surface area contributed by atoms with Gasteiger partial charge in [-0.05, 0) is 0 Å². The zero-order valence-electron chi connectivity index (χ0n) is 6.58. The summed E-state index contributed by atoms with van der Waals surface area (Å²) in [6.07, 6.45) is -6.32. The number of hydrogen-bond acceptors (Lipinski definition) is 6. The minimum atomic E-state index is -1.74. The summed E-state index contributed by atoms with van der Waals surface area (Å²) in [5.74, 6) is 0. The normalized spacial score (nSPS) is 20.4. The van der Waals surface area contributed by atoms with Crippen LogP contribution in [-0.4, -0.2) is 57.7 Å². The van der Waals surface area contributed by atoms with Crippen molar-refractivity contribution in [3.05, 3.63) is 0 Å². The third-order valence-electron chi connectivity index (χ3n) is 1.51. The number of aliphatic hydroxyl groups is 4. The van der Waals surface area contributed by atoms with E-state index in [0.29, 0.717) is 0 Å². The van der Waals surface area contributed by atoms with Gasteiger partial charge in [-0.15, -0.1) is 0 Å². The van der Waals surface area contributed by atoms with Crippen molar-refractivity contribution in [3.8, 4) is 0 Å². The Bertz CT molecular complexity index is 150. The fraction of sp³-hybridized carbons (Fsp3) is 0.833. The monoisotopic (exact) mass is 214 g/mol. The summed E-state index contributed by atoms with van der Waals surface area (Å²) in [5.41, 5.74) is 0. The maximum atomic E-state index is 9.99. The van der Waals surface area contributed by atoms with Crippen LogP contribution >= 0.6 is 11.9 Å². The van der Waals surface area contributed by atoms with E-state index in [1.165, 1.54) is 0 Å². The van der Waals surface area contributed by atoms with Crippen LogP contribution in [0.2, 0.25) is 0 Å². The van der Waals surface area contributed by atoms with E-state index < -0.39 is 31.0 Å². The molecule has 6 nitrogen and oxygen atoms in total. The molecule has 4 atom stereocenters. The summed E-state index contributed by atoms with van der Waals surface area (Å²) >= 11 is 4.85. The van der Waals surface area contributed by atoms with E-state index in [-0.39, 0.29) is 6.29 Å². The van der Waals surface area contributed by atoms with Crippen LogP contribution in [0.3, 0.4) is 0 Å². The molecule has 0 aliphatic carbocycles. The van der Waals surface area contributed by atoms with Gasteiger partial charge in [0.25, 0.3) is 0 Å². The average Bonchev–Trinajstić information content (AvgIpc) is 2.17. The predicted octanol–water partition coefficient (Wildman–Crippen LogP) is -2.20. The number of halogens is 1. The number of carbonyl (C=O) groups is 1. The quantitative estimate of drug-likeness (QED) is 0.374. The Balaban J connectivity index is 4.20. The van der Waals surface area contributed by atoms with Crippen molar-refractivity contribution in [2.45, 2.75) is 24.4 Å². The summed E-state index contributed by atoms with van der Waals surface area (Å²) < 4.78 is 4.06. The third kappa shape index (κ3) is 3.55. The highest BCUT2D eigenvalue weighted by Gasteiger charge is 2.31. The Hall–Kier alpha value is -0.240. The lowest BCUT2D eigenvalue weighted by Gasteiger charge is -2.23. The SMILES string of the molecule is O=C[C@H](O)[C@@H](O)[C@H](O)[C@@H](CO)OCl. The maximum Gasteiger partial charge on any atom is 0.151 e. The summed E-state index contributed by atoms with van der Waals surface area (Å²) in [6, 6.07) is 0. The first-order valence-electron chi connectivity index (χ1n) is 3.46. The van der Waals surface area contributed by atoms with E-state index in [4.69, 9.17) is 32.3 Å². The summed E-state index contributed by atoms with van der Waals surface area (Å²) in [6.45, 7) is -0.646. The van der Waals surface area contributed by atoms with E-state index in [0.717, 1.165) is 0 Å². The fourth-order valence-corrected chi connectivity index (χ4v) is 0.853. The van der Waals surface area contributed by atoms with Crippen molar-refractivity contribution in [1.82, 2.24) is 0 Å². The minimum Gasteiger partial charge on any atom is -0.393 e. The van der Waals surface area contributed by atoms with E-state index in [1.807, 2.05) is 0 Å². The molecule has 0 aliphatic rings. The van der Waals surface area contributed by atoms with Gasteiger partial charge < -0.3 is 25.2 Å². The molecule has 0 unspecified atom stereocenters. The van der Waals surface area contributed by atoms with Crippen LogP contribution in [0.1, 0.15) is 0 Å². The van der Waals surface area contributed by atoms with Gasteiger partial charge in [0.05, 0.1) is 18.5 Å². The molecule has 13 heavy (non-hydrogen) atoms. The molecule has 0 aromatic rings. The van der Waals surface area contributed by atoms with E-state index >= 15 is 0 Å². The van der Waals surface area contributed by atoms with Crippen molar-refractivity contribution >= 4 is 18.2 Å². The zero-order chi connectivity index (χ0) is 10.4. The molecule has 0 heterocycles. The molecule has 0 rings (SSSR count). The van der Waals surface area contributed by atoms with Gasteiger partial charge in [0.1, 0.15) is 24.4 Å². The zero-order valence-corrected chi connectivity index (χ0v) is 7.33. The smallest absolute Gasteiger partial charge is 0.151 e. The summed E-state index contributed by atoms with van der Waals surface area (Å²) in [4.78, 5) is 9.99. The fourth-order valence-electron chi connectivity index (χ4n) is 0.691. The van der Waals surface area contributed by atoms with Crippen LogP contribution in [0.25, 0.3) is 0 Å². The van der Waals surface area contributed by atoms with E-state index in [2.05, 4.69) is 4.29 Å². The van der Waals surface area contributed by atoms with Crippen LogP contribution in [-0.2, 0) is 9.08 Å². The molecule has 4 N–H and O–H groups in total. The number of carbonyl (C=O) groups excluding carboxylic acids is 1. The second-order valence-electron chi connectivity index (χ2n) is 2.42. The van der Waals surface area contributed by atoms with Crippen molar-refractivity contribution < 1.29 is 29.5 Å². The highest BCUT2D eigenvalue weighted by molar-refractivity contribution is 6.07. The molecule has 7 heteroatoms. The lowest BCUT2D eigenvalue weighted by molar-refractivity contribution is -0.133. The molecule has 0 aromatic heterocycles. The van der Waals surface area contributed by atoms with Crippen molar-refractivity contribution in [2.75, 3.05) is 6.61 Å². The molecule has 0 bridgehead atoms. The topological polar surface area (TPSA) is 107 Å². The Kier molecular flexibility index (Phi) is 6.13. The lowest BCUT2D eigenvalue weighted by Crippen LogP contribution is -2.46. The van der Waals surface area contributed by atoms with Crippen LogP contribution in [0.5, 0.6) is 0 Å². The Morgan fingerprint density at radius 3 is 2.15 bits per heavy atom. The number of rotatable bonds is 6. The summed E-state index contributed by atoms with van der Waals surface area (Å²) in [5, 5.41) is 35.5. The Morgan fingerprint density at radius 1 is 1.31 bits per heavy atom. The molecule has 0 saturated heterocycles. The van der Waals surface area contributed by atoms with E-state index in [1.54, 1.807) is 0 Å². The van der Waals surface area contributed by atoms with Gasteiger partial charge in [-0.2, -0.15) is 0 Å². The molecule has 0 amide bonds. The van der Waals surface area contributed by atoms with Gasteiger partial charge in [0, 0.05) is 0 Å². The largest absolute Gasteiger partial charge is 0.393 e. The van der Waals surface area contributed by atoms with Gasteiger partial charge in [-0.1, -0.05) is 0 Å². The van der Waals surface area contributed by atoms with Gasteiger partial charge >= 0.3 is 0 Å². The molecular formula is C6H11ClO6. The molecular weight excluding hydrogens is 204 g/mol.